The third-order valence-electron chi connectivity index (χ3n) is 3.51. The van der Waals surface area contributed by atoms with Crippen molar-refractivity contribution in [2.24, 2.45) is 5.73 Å². The average Bonchev–Trinajstić information content (AvgIpc) is 3.01. The molecule has 1 aromatic heterocycles. The van der Waals surface area contributed by atoms with E-state index in [0.29, 0.717) is 22.6 Å². The van der Waals surface area contributed by atoms with Crippen LogP contribution in [-0.2, 0) is 14.3 Å². The van der Waals surface area contributed by atoms with Gasteiger partial charge in [0.25, 0.3) is 0 Å². The van der Waals surface area contributed by atoms with Gasteiger partial charge in [0.05, 0.1) is 37.3 Å². The largest absolute Gasteiger partial charge is 0.462 e. The standard InChI is InChI=1S/C17H21N5O4/c1-3-26-17(25)14-9-20-22(11(14)2)13-6-4-5-12(7-13)21-16(24)10-19-15(23)8-18/h4-7,9H,3,8,10,18H2,1-2H3,(H,19,23)(H,21,24). The van der Waals surface area contributed by atoms with Crippen molar-refractivity contribution in [3.63, 3.8) is 0 Å². The van der Waals surface area contributed by atoms with Crippen LogP contribution in [0.4, 0.5) is 5.69 Å². The van der Waals surface area contributed by atoms with E-state index < -0.39 is 11.9 Å². The lowest BCUT2D eigenvalue weighted by Crippen LogP contribution is -2.36. The van der Waals surface area contributed by atoms with E-state index in [1.165, 1.54) is 6.20 Å². The zero-order valence-corrected chi connectivity index (χ0v) is 14.6. The molecule has 1 heterocycles. The molecule has 138 valence electrons. The number of nitrogens with one attached hydrogen (secondary N) is 2. The summed E-state index contributed by atoms with van der Waals surface area (Å²) in [5.74, 6) is -1.22. The zero-order chi connectivity index (χ0) is 19.1. The predicted molar refractivity (Wildman–Crippen MR) is 95.0 cm³/mol. The highest BCUT2D eigenvalue weighted by Crippen LogP contribution is 2.18. The van der Waals surface area contributed by atoms with Crippen LogP contribution in [0.5, 0.6) is 0 Å². The third-order valence-corrected chi connectivity index (χ3v) is 3.51. The Morgan fingerprint density at radius 2 is 2.04 bits per heavy atom. The molecule has 0 aliphatic carbocycles. The maximum atomic E-state index is 11.9. The number of hydrogen-bond acceptors (Lipinski definition) is 6. The maximum Gasteiger partial charge on any atom is 0.341 e. The van der Waals surface area contributed by atoms with Gasteiger partial charge < -0.3 is 21.1 Å². The van der Waals surface area contributed by atoms with E-state index >= 15 is 0 Å². The molecule has 0 saturated heterocycles. The zero-order valence-electron chi connectivity index (χ0n) is 14.6. The number of ether oxygens (including phenoxy) is 1. The van der Waals surface area contributed by atoms with Crippen LogP contribution in [0.1, 0.15) is 23.0 Å². The number of carbonyl (C=O) groups excluding carboxylic acids is 3. The molecule has 0 aliphatic heterocycles. The van der Waals surface area contributed by atoms with Gasteiger partial charge in [-0.3, -0.25) is 9.59 Å². The summed E-state index contributed by atoms with van der Waals surface area (Å²) in [4.78, 5) is 34.8. The highest BCUT2D eigenvalue weighted by Gasteiger charge is 2.16. The quantitative estimate of drug-likeness (QED) is 0.613. The Labute approximate surface area is 150 Å². The van der Waals surface area contributed by atoms with Crippen molar-refractivity contribution in [2.75, 3.05) is 25.0 Å². The summed E-state index contributed by atoms with van der Waals surface area (Å²) in [5.41, 5.74) is 7.37. The normalized spacial score (nSPS) is 10.3. The minimum absolute atomic E-state index is 0.173. The van der Waals surface area contributed by atoms with Gasteiger partial charge in [0.15, 0.2) is 0 Å². The second-order valence-electron chi connectivity index (χ2n) is 5.36. The van der Waals surface area contributed by atoms with Gasteiger partial charge in [-0.2, -0.15) is 5.10 Å². The van der Waals surface area contributed by atoms with Crippen LogP contribution >= 0.6 is 0 Å². The van der Waals surface area contributed by atoms with E-state index in [2.05, 4.69) is 15.7 Å². The molecule has 26 heavy (non-hydrogen) atoms. The summed E-state index contributed by atoms with van der Waals surface area (Å²) in [5, 5.41) is 9.28. The molecule has 2 rings (SSSR count). The van der Waals surface area contributed by atoms with Crippen molar-refractivity contribution in [1.82, 2.24) is 15.1 Å². The van der Waals surface area contributed by atoms with Gasteiger partial charge in [0.2, 0.25) is 11.8 Å². The number of benzene rings is 1. The molecule has 0 saturated carbocycles. The molecule has 9 heteroatoms. The number of carbonyl (C=O) groups is 3. The summed E-state index contributed by atoms with van der Waals surface area (Å²) in [7, 11) is 0. The van der Waals surface area contributed by atoms with Crippen LogP contribution in [-0.4, -0.2) is 47.3 Å². The first-order valence-electron chi connectivity index (χ1n) is 8.05. The van der Waals surface area contributed by atoms with Crippen LogP contribution in [0.2, 0.25) is 0 Å². The summed E-state index contributed by atoms with van der Waals surface area (Å²) < 4.78 is 6.58. The van der Waals surface area contributed by atoms with Gasteiger partial charge in [-0.15, -0.1) is 0 Å². The lowest BCUT2D eigenvalue weighted by molar-refractivity contribution is -0.123. The second kappa shape index (κ2) is 8.77. The van der Waals surface area contributed by atoms with Crippen LogP contribution in [0, 0.1) is 6.92 Å². The minimum atomic E-state index is -0.434. The van der Waals surface area contributed by atoms with E-state index in [4.69, 9.17) is 10.5 Å². The van der Waals surface area contributed by atoms with E-state index in [0.717, 1.165) is 0 Å². The van der Waals surface area contributed by atoms with Crippen LogP contribution in [0.3, 0.4) is 0 Å². The fraction of sp³-hybridized carbons (Fsp3) is 0.294. The molecule has 0 fully saturated rings. The van der Waals surface area contributed by atoms with Gasteiger partial charge in [0, 0.05) is 5.69 Å². The Hall–Kier alpha value is -3.20. The van der Waals surface area contributed by atoms with Gasteiger partial charge in [-0.1, -0.05) is 6.07 Å². The Bertz CT molecular complexity index is 815. The number of aromatic nitrogens is 2. The lowest BCUT2D eigenvalue weighted by Gasteiger charge is -2.10. The molecule has 9 nitrogen and oxygen atoms in total. The molecule has 0 radical (unpaired) electrons. The predicted octanol–water partition coefficient (Wildman–Crippen LogP) is 0.371. The minimum Gasteiger partial charge on any atom is -0.462 e. The lowest BCUT2D eigenvalue weighted by atomic mass is 10.2. The Balaban J connectivity index is 2.13. The first-order valence-corrected chi connectivity index (χ1v) is 8.05. The van der Waals surface area contributed by atoms with Gasteiger partial charge >= 0.3 is 5.97 Å². The molecular weight excluding hydrogens is 338 g/mol. The van der Waals surface area contributed by atoms with E-state index in [9.17, 15) is 14.4 Å². The topological polar surface area (TPSA) is 128 Å². The van der Waals surface area contributed by atoms with Crippen molar-refractivity contribution in [3.05, 3.63) is 41.7 Å². The third kappa shape index (κ3) is 4.67. The van der Waals surface area contributed by atoms with E-state index in [-0.39, 0.29) is 25.6 Å². The monoisotopic (exact) mass is 359 g/mol. The Kier molecular flexibility index (Phi) is 6.45. The smallest absolute Gasteiger partial charge is 0.341 e. The molecule has 2 aromatic rings. The summed E-state index contributed by atoms with van der Waals surface area (Å²) >= 11 is 0. The van der Waals surface area contributed by atoms with Crippen LogP contribution < -0.4 is 16.4 Å². The average molecular weight is 359 g/mol. The fourth-order valence-corrected chi connectivity index (χ4v) is 2.25. The van der Waals surface area contributed by atoms with Crippen molar-refractivity contribution in [3.8, 4) is 5.69 Å². The SMILES string of the molecule is CCOC(=O)c1cnn(-c2cccc(NC(=O)CNC(=O)CN)c2)c1C. The first kappa shape index (κ1) is 19.1. The molecule has 0 unspecified atom stereocenters. The summed E-state index contributed by atoms with van der Waals surface area (Å²) in [6.45, 7) is 3.43. The van der Waals surface area contributed by atoms with E-state index in [1.807, 2.05) is 0 Å². The second-order valence-corrected chi connectivity index (χ2v) is 5.36. The van der Waals surface area contributed by atoms with Crippen molar-refractivity contribution >= 4 is 23.5 Å². The van der Waals surface area contributed by atoms with E-state index in [1.54, 1.807) is 42.8 Å². The molecule has 4 N–H and O–H groups in total. The molecule has 0 atom stereocenters. The van der Waals surface area contributed by atoms with Crippen LogP contribution in [0.25, 0.3) is 5.69 Å². The van der Waals surface area contributed by atoms with Gasteiger partial charge in [0.1, 0.15) is 5.56 Å². The van der Waals surface area contributed by atoms with Crippen molar-refractivity contribution in [2.45, 2.75) is 13.8 Å². The molecule has 0 spiro atoms. The van der Waals surface area contributed by atoms with Gasteiger partial charge in [-0.05, 0) is 32.0 Å². The van der Waals surface area contributed by atoms with Crippen LogP contribution in [0.15, 0.2) is 30.5 Å². The number of amides is 2. The number of nitrogens with two attached hydrogens (primary N) is 1. The number of esters is 1. The van der Waals surface area contributed by atoms with Crippen molar-refractivity contribution < 1.29 is 19.1 Å². The number of nitrogens with zero attached hydrogens (tertiary/aromatic N) is 2. The molecule has 1 aromatic carbocycles. The molecule has 2 amide bonds. The van der Waals surface area contributed by atoms with Crippen molar-refractivity contribution in [1.29, 1.82) is 0 Å². The fourth-order valence-electron chi connectivity index (χ4n) is 2.25. The molecule has 0 bridgehead atoms. The maximum absolute atomic E-state index is 11.9. The van der Waals surface area contributed by atoms with Gasteiger partial charge in [-0.25, -0.2) is 9.48 Å². The number of rotatable bonds is 7. The summed E-state index contributed by atoms with van der Waals surface area (Å²) in [6.07, 6.45) is 1.45. The Morgan fingerprint density at radius 1 is 1.27 bits per heavy atom. The highest BCUT2D eigenvalue weighted by atomic mass is 16.5. The Morgan fingerprint density at radius 3 is 2.73 bits per heavy atom. The highest BCUT2D eigenvalue weighted by molar-refractivity contribution is 5.95. The molecular formula is C17H21N5O4. The summed E-state index contributed by atoms with van der Waals surface area (Å²) in [6, 6.07) is 6.95. The first-order chi connectivity index (χ1) is 12.5. The molecule has 0 aliphatic rings. The number of hydrogen-bond donors (Lipinski definition) is 3. The number of anilines is 1.